The summed E-state index contributed by atoms with van der Waals surface area (Å²) < 4.78 is 28.3. The van der Waals surface area contributed by atoms with E-state index in [2.05, 4.69) is 32.5 Å². The zero-order chi connectivity index (χ0) is 18.7. The van der Waals surface area contributed by atoms with Gasteiger partial charge in [0.1, 0.15) is 5.82 Å². The quantitative estimate of drug-likeness (QED) is 0.644. The van der Waals surface area contributed by atoms with E-state index in [9.17, 15) is 13.2 Å². The molecule has 0 atom stereocenters. The van der Waals surface area contributed by atoms with Crippen molar-refractivity contribution in [2.45, 2.75) is 38.0 Å². The molecule has 1 aliphatic rings. The van der Waals surface area contributed by atoms with Gasteiger partial charge in [-0.3, -0.25) is 4.79 Å². The topological polar surface area (TPSA) is 105 Å². The number of aryl methyl sites for hydroxylation is 2. The molecule has 1 amide bonds. The Hall–Kier alpha value is -2.23. The lowest BCUT2D eigenvalue weighted by atomic mass is 10.1. The van der Waals surface area contributed by atoms with Crippen molar-refractivity contribution in [3.63, 3.8) is 0 Å². The molecule has 2 aromatic rings. The predicted molar refractivity (Wildman–Crippen MR) is 96.6 cm³/mol. The summed E-state index contributed by atoms with van der Waals surface area (Å²) in [6.07, 6.45) is 1.51. The number of sulfonamides is 1. The van der Waals surface area contributed by atoms with Gasteiger partial charge in [0.2, 0.25) is 5.91 Å². The van der Waals surface area contributed by atoms with E-state index < -0.39 is 10.0 Å². The fourth-order valence-corrected chi connectivity index (χ4v) is 3.84. The normalized spacial score (nSPS) is 13.6. The van der Waals surface area contributed by atoms with E-state index in [0.717, 1.165) is 18.7 Å². The predicted octanol–water partition coefficient (Wildman–Crippen LogP) is 0.317. The number of benzene rings is 1. The molecule has 0 unspecified atom stereocenters. The van der Waals surface area contributed by atoms with Gasteiger partial charge in [0.15, 0.2) is 5.03 Å². The second kappa shape index (κ2) is 7.56. The monoisotopic (exact) mass is 377 g/mol. The molecule has 8 nitrogen and oxygen atoms in total. The first-order valence-electron chi connectivity index (χ1n) is 8.43. The molecule has 3 N–H and O–H groups in total. The van der Waals surface area contributed by atoms with Crippen LogP contribution in [0.5, 0.6) is 0 Å². The van der Waals surface area contributed by atoms with Crippen molar-refractivity contribution in [2.75, 3.05) is 6.54 Å². The van der Waals surface area contributed by atoms with Gasteiger partial charge in [-0.2, -0.15) is 0 Å². The second-order valence-electron chi connectivity index (χ2n) is 6.37. The van der Waals surface area contributed by atoms with Gasteiger partial charge in [-0.25, -0.2) is 18.1 Å². The summed E-state index contributed by atoms with van der Waals surface area (Å²) in [7, 11) is -1.97. The molecule has 9 heteroatoms. The molecule has 140 valence electrons. The first-order valence-corrected chi connectivity index (χ1v) is 9.91. The highest BCUT2D eigenvalue weighted by atomic mass is 32.2. The molecule has 26 heavy (non-hydrogen) atoms. The molecule has 0 aliphatic carbocycles. The average molecular weight is 377 g/mol. The number of hydrogen-bond acceptors (Lipinski definition) is 5. The number of carbonyl (C=O) groups excluding carboxylic acids is 1. The second-order valence-corrected chi connectivity index (χ2v) is 8.08. The largest absolute Gasteiger partial charge is 0.352 e. The van der Waals surface area contributed by atoms with Crippen molar-refractivity contribution in [2.24, 2.45) is 7.05 Å². The number of amides is 1. The van der Waals surface area contributed by atoms with Crippen molar-refractivity contribution in [3.8, 4) is 0 Å². The number of aromatic nitrogens is 2. The van der Waals surface area contributed by atoms with E-state index in [4.69, 9.17) is 0 Å². The van der Waals surface area contributed by atoms with Crippen LogP contribution in [0.1, 0.15) is 28.9 Å². The molecule has 3 rings (SSSR count). The zero-order valence-corrected chi connectivity index (χ0v) is 15.7. The van der Waals surface area contributed by atoms with Gasteiger partial charge in [-0.15, -0.1) is 0 Å². The molecule has 0 radical (unpaired) electrons. The average Bonchev–Trinajstić information content (AvgIpc) is 3.19. The molecule has 0 fully saturated rings. The Morgan fingerprint density at radius 2 is 2.08 bits per heavy atom. The lowest BCUT2D eigenvalue weighted by molar-refractivity contribution is -0.121. The summed E-state index contributed by atoms with van der Waals surface area (Å²) in [5.41, 5.74) is 3.58. The van der Waals surface area contributed by atoms with Crippen LogP contribution < -0.4 is 15.4 Å². The van der Waals surface area contributed by atoms with Crippen LogP contribution in [-0.4, -0.2) is 30.4 Å². The van der Waals surface area contributed by atoms with Crippen molar-refractivity contribution >= 4 is 15.9 Å². The van der Waals surface area contributed by atoms with Crippen molar-refractivity contribution in [3.05, 3.63) is 46.9 Å². The molecule has 2 heterocycles. The summed E-state index contributed by atoms with van der Waals surface area (Å²) in [6, 6.07) is 6.15. The molecule has 0 saturated carbocycles. The third kappa shape index (κ3) is 4.29. The minimum absolute atomic E-state index is 0.0257. The summed E-state index contributed by atoms with van der Waals surface area (Å²) in [4.78, 5) is 15.9. The van der Waals surface area contributed by atoms with Crippen LogP contribution in [0, 0.1) is 6.92 Å². The minimum atomic E-state index is -3.70. The van der Waals surface area contributed by atoms with Gasteiger partial charge in [-0.1, -0.05) is 18.2 Å². The van der Waals surface area contributed by atoms with Crippen LogP contribution in [0.15, 0.2) is 29.4 Å². The number of fused-ring (bicyclic) bond motifs is 1. The Morgan fingerprint density at radius 3 is 2.81 bits per heavy atom. The van der Waals surface area contributed by atoms with E-state index in [1.54, 1.807) is 18.5 Å². The SMILES string of the molecule is Cc1nc(S(=O)(=O)NCCC(=O)NCc2ccc3c(c2)CNC3)cn1C. The maximum atomic E-state index is 12.1. The highest BCUT2D eigenvalue weighted by Gasteiger charge is 2.18. The zero-order valence-electron chi connectivity index (χ0n) is 14.9. The Balaban J connectivity index is 1.45. The van der Waals surface area contributed by atoms with Crippen molar-refractivity contribution < 1.29 is 13.2 Å². The molecule has 0 bridgehead atoms. The number of imidazole rings is 1. The smallest absolute Gasteiger partial charge is 0.259 e. The summed E-state index contributed by atoms with van der Waals surface area (Å²) >= 11 is 0. The third-order valence-corrected chi connectivity index (χ3v) is 5.73. The van der Waals surface area contributed by atoms with Crippen LogP contribution in [0.2, 0.25) is 0 Å². The Bertz CT molecular complexity index is 901. The molecular formula is C17H23N5O3S. The van der Waals surface area contributed by atoms with Crippen LogP contribution in [-0.2, 0) is 41.5 Å². The molecular weight excluding hydrogens is 354 g/mol. The minimum Gasteiger partial charge on any atom is -0.352 e. The summed E-state index contributed by atoms with van der Waals surface area (Å²) in [5, 5.41) is 6.06. The van der Waals surface area contributed by atoms with E-state index in [1.807, 2.05) is 6.07 Å². The Labute approximate surface area is 153 Å². The van der Waals surface area contributed by atoms with Crippen molar-refractivity contribution in [1.29, 1.82) is 0 Å². The fourth-order valence-electron chi connectivity index (χ4n) is 2.78. The number of rotatable bonds is 7. The van der Waals surface area contributed by atoms with Gasteiger partial charge >= 0.3 is 0 Å². The van der Waals surface area contributed by atoms with Gasteiger partial charge in [0.05, 0.1) is 0 Å². The van der Waals surface area contributed by atoms with E-state index in [1.165, 1.54) is 17.3 Å². The molecule has 1 aliphatic heterocycles. The molecule has 0 spiro atoms. The van der Waals surface area contributed by atoms with E-state index in [0.29, 0.717) is 12.4 Å². The van der Waals surface area contributed by atoms with Gasteiger partial charge < -0.3 is 15.2 Å². The maximum Gasteiger partial charge on any atom is 0.259 e. The highest BCUT2D eigenvalue weighted by Crippen LogP contribution is 2.16. The van der Waals surface area contributed by atoms with Crippen LogP contribution >= 0.6 is 0 Å². The van der Waals surface area contributed by atoms with Crippen LogP contribution in [0.3, 0.4) is 0 Å². The number of nitrogens with one attached hydrogen (secondary N) is 3. The van der Waals surface area contributed by atoms with Gasteiger partial charge in [0.25, 0.3) is 10.0 Å². The number of carbonyl (C=O) groups is 1. The first kappa shape index (κ1) is 18.6. The summed E-state index contributed by atoms with van der Waals surface area (Å²) in [5.74, 6) is 0.399. The number of nitrogens with zero attached hydrogens (tertiary/aromatic N) is 2. The summed E-state index contributed by atoms with van der Waals surface area (Å²) in [6.45, 7) is 3.92. The maximum absolute atomic E-state index is 12.1. The first-order chi connectivity index (χ1) is 12.3. The molecule has 1 aromatic heterocycles. The van der Waals surface area contributed by atoms with Crippen molar-refractivity contribution in [1.82, 2.24) is 24.9 Å². The van der Waals surface area contributed by atoms with E-state index in [-0.39, 0.29) is 23.9 Å². The lowest BCUT2D eigenvalue weighted by Gasteiger charge is -2.08. The van der Waals surface area contributed by atoms with Crippen LogP contribution in [0.25, 0.3) is 0 Å². The Morgan fingerprint density at radius 1 is 1.31 bits per heavy atom. The van der Waals surface area contributed by atoms with E-state index >= 15 is 0 Å². The van der Waals surface area contributed by atoms with Gasteiger partial charge in [0, 0.05) is 45.8 Å². The highest BCUT2D eigenvalue weighted by molar-refractivity contribution is 7.89. The standard InChI is InChI=1S/C17H23N5O3S/c1-12-21-17(11-22(12)2)26(24,25)20-6-5-16(23)19-8-13-3-4-14-9-18-10-15(14)7-13/h3-4,7,11,18,20H,5-6,8-10H2,1-2H3,(H,19,23). The Kier molecular flexibility index (Phi) is 5.40. The third-order valence-electron chi connectivity index (χ3n) is 4.40. The molecule has 1 aromatic carbocycles. The van der Waals surface area contributed by atoms with Crippen LogP contribution in [0.4, 0.5) is 0 Å². The molecule has 0 saturated heterocycles. The number of hydrogen-bond donors (Lipinski definition) is 3. The fraction of sp³-hybridized carbons (Fsp3) is 0.412. The lowest BCUT2D eigenvalue weighted by Crippen LogP contribution is -2.30. The van der Waals surface area contributed by atoms with Gasteiger partial charge in [-0.05, 0) is 23.6 Å².